The van der Waals surface area contributed by atoms with Crippen molar-refractivity contribution in [2.75, 3.05) is 7.11 Å². The Kier molecular flexibility index (Phi) is 5.40. The summed E-state index contributed by atoms with van der Waals surface area (Å²) < 4.78 is 6.54. The number of aryl methyl sites for hydroxylation is 1. The minimum Gasteiger partial charge on any atom is -0.497 e. The van der Waals surface area contributed by atoms with E-state index in [0.717, 1.165) is 29.2 Å². The van der Waals surface area contributed by atoms with Gasteiger partial charge >= 0.3 is 0 Å². The molecule has 3 aromatic heterocycles. The van der Waals surface area contributed by atoms with Gasteiger partial charge in [-0.3, -0.25) is 9.89 Å². The van der Waals surface area contributed by atoms with Crippen molar-refractivity contribution >= 4 is 28.1 Å². The highest BCUT2D eigenvalue weighted by Gasteiger charge is 2.11. The first-order valence-corrected chi connectivity index (χ1v) is 10.5. The first kappa shape index (κ1) is 18.6. The van der Waals surface area contributed by atoms with Gasteiger partial charge in [0.1, 0.15) is 10.8 Å². The van der Waals surface area contributed by atoms with Gasteiger partial charge in [-0.05, 0) is 30.7 Å². The first-order valence-electron chi connectivity index (χ1n) is 8.74. The van der Waals surface area contributed by atoms with Crippen LogP contribution in [0.2, 0.25) is 0 Å². The molecule has 0 aliphatic carbocycles. The Morgan fingerprint density at radius 2 is 2.07 bits per heavy atom. The van der Waals surface area contributed by atoms with Gasteiger partial charge in [0.05, 0.1) is 12.8 Å². The van der Waals surface area contributed by atoms with Crippen molar-refractivity contribution < 1.29 is 4.74 Å². The lowest BCUT2D eigenvalue weighted by Gasteiger charge is -2.00. The Bertz CT molecular complexity index is 1150. The summed E-state index contributed by atoms with van der Waals surface area (Å²) in [6, 6.07) is 9.11. The second-order valence-corrected chi connectivity index (χ2v) is 7.99. The second-order valence-electron chi connectivity index (χ2n) is 6.01. The summed E-state index contributed by atoms with van der Waals surface area (Å²) in [6.07, 6.45) is 1.83. The van der Waals surface area contributed by atoms with Crippen molar-refractivity contribution in [2.24, 2.45) is 0 Å². The molecule has 8 nitrogen and oxygen atoms in total. The average molecular weight is 415 g/mol. The maximum absolute atomic E-state index is 12.3. The molecule has 0 spiro atoms. The van der Waals surface area contributed by atoms with E-state index in [1.54, 1.807) is 7.11 Å². The Hall–Kier alpha value is -2.72. The molecule has 4 rings (SSSR count). The molecule has 1 N–H and O–H groups in total. The van der Waals surface area contributed by atoms with Crippen molar-refractivity contribution in [3.05, 3.63) is 51.4 Å². The van der Waals surface area contributed by atoms with E-state index in [0.29, 0.717) is 27.4 Å². The summed E-state index contributed by atoms with van der Waals surface area (Å²) in [5.74, 6) is 1.98. The fourth-order valence-electron chi connectivity index (χ4n) is 2.61. The number of aromatic amines is 1. The molecule has 0 bridgehead atoms. The zero-order valence-electron chi connectivity index (χ0n) is 15.4. The van der Waals surface area contributed by atoms with Gasteiger partial charge in [-0.1, -0.05) is 30.0 Å². The molecule has 0 saturated heterocycles. The fraction of sp³-hybridized carbons (Fsp3) is 0.278. The molecule has 3 heterocycles. The van der Waals surface area contributed by atoms with Crippen LogP contribution in [-0.2, 0) is 12.2 Å². The summed E-state index contributed by atoms with van der Waals surface area (Å²) >= 11 is 2.89. The normalized spacial score (nSPS) is 11.2. The third-order valence-corrected chi connectivity index (χ3v) is 5.83. The maximum Gasteiger partial charge on any atom is 0.275 e. The molecule has 0 saturated carbocycles. The third kappa shape index (κ3) is 3.92. The molecular formula is C18H18N6O2S2. The smallest absolute Gasteiger partial charge is 0.275 e. The molecule has 0 fully saturated rings. The van der Waals surface area contributed by atoms with E-state index in [2.05, 4.69) is 32.2 Å². The van der Waals surface area contributed by atoms with Gasteiger partial charge in [-0.25, -0.2) is 9.97 Å². The number of thioether (sulfide) groups is 1. The number of aromatic nitrogens is 6. The van der Waals surface area contributed by atoms with Crippen LogP contribution in [0.15, 0.2) is 40.3 Å². The number of rotatable bonds is 7. The zero-order valence-corrected chi connectivity index (χ0v) is 17.0. The predicted octanol–water partition coefficient (Wildman–Crippen LogP) is 3.19. The molecule has 0 amide bonds. The number of hydrogen-bond donors (Lipinski definition) is 1. The van der Waals surface area contributed by atoms with Crippen LogP contribution in [0.5, 0.6) is 5.75 Å². The highest BCUT2D eigenvalue weighted by Crippen LogP contribution is 2.23. The standard InChI is InChI=1S/C18H18N6O2S2/c1-3-4-14-23-24-15(25)9-12(19-18(24)28-14)10-27-17-20-16(21-22-17)11-5-7-13(26-2)8-6-11/h5-9H,3-4,10H2,1-2H3,(H,20,21,22). The SMILES string of the molecule is CCCc1nn2c(=O)cc(CSc3n[nH]c(-c4ccc(OC)cc4)n3)nc2s1. The fourth-order valence-corrected chi connectivity index (χ4v) is 4.32. The van der Waals surface area contributed by atoms with Crippen LogP contribution in [0, 0.1) is 0 Å². The quantitative estimate of drug-likeness (QED) is 0.464. The minimum atomic E-state index is -0.159. The van der Waals surface area contributed by atoms with Crippen LogP contribution < -0.4 is 10.3 Å². The average Bonchev–Trinajstić information content (AvgIpc) is 3.34. The van der Waals surface area contributed by atoms with E-state index in [1.165, 1.54) is 33.7 Å². The highest BCUT2D eigenvalue weighted by atomic mass is 32.2. The summed E-state index contributed by atoms with van der Waals surface area (Å²) in [5, 5.41) is 13.0. The van der Waals surface area contributed by atoms with E-state index in [4.69, 9.17) is 4.74 Å². The molecule has 1 aromatic carbocycles. The second kappa shape index (κ2) is 8.11. The summed E-state index contributed by atoms with van der Waals surface area (Å²) in [6.45, 7) is 2.08. The number of fused-ring (bicyclic) bond motifs is 1. The lowest BCUT2D eigenvalue weighted by atomic mass is 10.2. The van der Waals surface area contributed by atoms with Crippen LogP contribution in [-0.4, -0.2) is 36.9 Å². The predicted molar refractivity (Wildman–Crippen MR) is 109 cm³/mol. The molecular weight excluding hydrogens is 396 g/mol. The van der Waals surface area contributed by atoms with Crippen molar-refractivity contribution in [3.63, 3.8) is 0 Å². The molecule has 0 radical (unpaired) electrons. The monoisotopic (exact) mass is 414 g/mol. The van der Waals surface area contributed by atoms with Gasteiger partial charge < -0.3 is 4.74 Å². The molecule has 144 valence electrons. The van der Waals surface area contributed by atoms with Crippen molar-refractivity contribution in [3.8, 4) is 17.1 Å². The minimum absolute atomic E-state index is 0.159. The van der Waals surface area contributed by atoms with Gasteiger partial charge in [-0.15, -0.1) is 5.10 Å². The zero-order chi connectivity index (χ0) is 19.5. The summed E-state index contributed by atoms with van der Waals surface area (Å²) in [7, 11) is 1.63. The summed E-state index contributed by atoms with van der Waals surface area (Å²) in [5.41, 5.74) is 1.46. The van der Waals surface area contributed by atoms with E-state index >= 15 is 0 Å². The number of methoxy groups -OCH3 is 1. The van der Waals surface area contributed by atoms with Gasteiger partial charge in [0, 0.05) is 23.8 Å². The maximum atomic E-state index is 12.3. The third-order valence-electron chi connectivity index (χ3n) is 3.98. The Labute approximate surface area is 169 Å². The topological polar surface area (TPSA) is 98.1 Å². The Balaban J connectivity index is 1.48. The molecule has 0 atom stereocenters. The van der Waals surface area contributed by atoms with Gasteiger partial charge in [0.15, 0.2) is 5.82 Å². The number of benzene rings is 1. The van der Waals surface area contributed by atoms with Gasteiger partial charge in [-0.2, -0.15) is 9.61 Å². The largest absolute Gasteiger partial charge is 0.497 e. The number of nitrogens with one attached hydrogen (secondary N) is 1. The van der Waals surface area contributed by atoms with Crippen LogP contribution in [0.1, 0.15) is 24.0 Å². The van der Waals surface area contributed by atoms with Gasteiger partial charge in [0.25, 0.3) is 5.56 Å². The van der Waals surface area contributed by atoms with E-state index in [-0.39, 0.29) is 5.56 Å². The number of ether oxygens (including phenoxy) is 1. The van der Waals surface area contributed by atoms with Crippen molar-refractivity contribution in [1.82, 2.24) is 29.8 Å². The molecule has 10 heteroatoms. The highest BCUT2D eigenvalue weighted by molar-refractivity contribution is 7.98. The molecule has 0 unspecified atom stereocenters. The lowest BCUT2D eigenvalue weighted by Crippen LogP contribution is -2.15. The molecule has 4 aromatic rings. The number of H-pyrrole nitrogens is 1. The first-order chi connectivity index (χ1) is 13.7. The summed E-state index contributed by atoms with van der Waals surface area (Å²) in [4.78, 5) is 22.0. The van der Waals surface area contributed by atoms with E-state index in [9.17, 15) is 4.79 Å². The van der Waals surface area contributed by atoms with Crippen LogP contribution in [0.4, 0.5) is 0 Å². The van der Waals surface area contributed by atoms with E-state index in [1.807, 2.05) is 24.3 Å². The van der Waals surface area contributed by atoms with Gasteiger partial charge in [0.2, 0.25) is 10.1 Å². The molecule has 28 heavy (non-hydrogen) atoms. The van der Waals surface area contributed by atoms with E-state index < -0.39 is 0 Å². The Morgan fingerprint density at radius 1 is 1.25 bits per heavy atom. The van der Waals surface area contributed by atoms with Crippen LogP contribution in [0.25, 0.3) is 16.3 Å². The molecule has 0 aliphatic heterocycles. The van der Waals surface area contributed by atoms with Crippen molar-refractivity contribution in [2.45, 2.75) is 30.7 Å². The number of nitrogens with zero attached hydrogens (tertiary/aromatic N) is 5. The Morgan fingerprint density at radius 3 is 2.82 bits per heavy atom. The van der Waals surface area contributed by atoms with Crippen LogP contribution in [0.3, 0.4) is 0 Å². The lowest BCUT2D eigenvalue weighted by molar-refractivity contribution is 0.415. The number of hydrogen-bond acceptors (Lipinski definition) is 8. The van der Waals surface area contributed by atoms with Crippen molar-refractivity contribution in [1.29, 1.82) is 0 Å². The van der Waals surface area contributed by atoms with Crippen LogP contribution >= 0.6 is 23.1 Å². The molecule has 0 aliphatic rings.